The van der Waals surface area contributed by atoms with Crippen molar-refractivity contribution in [2.75, 3.05) is 37.5 Å². The summed E-state index contributed by atoms with van der Waals surface area (Å²) in [6.07, 6.45) is 1.27. The summed E-state index contributed by atoms with van der Waals surface area (Å²) < 4.78 is 0. The van der Waals surface area contributed by atoms with Crippen molar-refractivity contribution in [3.05, 3.63) is 29.8 Å². The SMILES string of the molecule is CCSCC[C@@H](C)N(C)Cc1cccc(N(C)C)c1. The molecule has 3 heteroatoms. The number of hydrogen-bond donors (Lipinski definition) is 0. The molecule has 1 aromatic rings. The molecule has 0 unspecified atom stereocenters. The van der Waals surface area contributed by atoms with E-state index in [-0.39, 0.29) is 0 Å². The molecule has 0 N–H and O–H groups in total. The fourth-order valence-electron chi connectivity index (χ4n) is 2.00. The molecule has 1 aromatic carbocycles. The molecule has 1 atom stereocenters. The quantitative estimate of drug-likeness (QED) is 0.670. The lowest BCUT2D eigenvalue weighted by atomic mass is 10.1. The molecule has 0 amide bonds. The number of nitrogens with zero attached hydrogens (tertiary/aromatic N) is 2. The molecule has 0 heterocycles. The first kappa shape index (κ1) is 16.4. The number of anilines is 1. The Morgan fingerprint density at radius 2 is 1.95 bits per heavy atom. The molecule has 0 radical (unpaired) electrons. The van der Waals surface area contributed by atoms with Crippen LogP contribution in [-0.4, -0.2) is 43.6 Å². The molecular formula is C16H28N2S. The van der Waals surface area contributed by atoms with Gasteiger partial charge in [-0.25, -0.2) is 0 Å². The minimum atomic E-state index is 0.641. The van der Waals surface area contributed by atoms with Crippen LogP contribution in [0.5, 0.6) is 0 Å². The van der Waals surface area contributed by atoms with E-state index in [0.29, 0.717) is 6.04 Å². The molecular weight excluding hydrogens is 252 g/mol. The third kappa shape index (κ3) is 5.87. The fourth-order valence-corrected chi connectivity index (χ4v) is 2.79. The van der Waals surface area contributed by atoms with Gasteiger partial charge in [-0.15, -0.1) is 0 Å². The fraction of sp³-hybridized carbons (Fsp3) is 0.625. The van der Waals surface area contributed by atoms with Gasteiger partial charge in [0, 0.05) is 32.4 Å². The van der Waals surface area contributed by atoms with Gasteiger partial charge in [0.15, 0.2) is 0 Å². The maximum absolute atomic E-state index is 2.45. The lowest BCUT2D eigenvalue weighted by Gasteiger charge is -2.25. The van der Waals surface area contributed by atoms with Crippen LogP contribution in [0.15, 0.2) is 24.3 Å². The summed E-state index contributed by atoms with van der Waals surface area (Å²) in [6.45, 7) is 5.58. The van der Waals surface area contributed by atoms with Crippen molar-refractivity contribution < 1.29 is 0 Å². The van der Waals surface area contributed by atoms with Crippen LogP contribution in [-0.2, 0) is 6.54 Å². The van der Waals surface area contributed by atoms with Crippen LogP contribution in [0.2, 0.25) is 0 Å². The van der Waals surface area contributed by atoms with Gasteiger partial charge in [-0.2, -0.15) is 11.8 Å². The first-order valence-corrected chi connectivity index (χ1v) is 8.24. The summed E-state index contributed by atoms with van der Waals surface area (Å²) in [7, 11) is 6.41. The average Bonchev–Trinajstić information content (AvgIpc) is 2.39. The standard InChI is InChI=1S/C16H28N2S/c1-6-19-11-10-14(2)18(5)13-15-8-7-9-16(12-15)17(3)4/h7-9,12,14H,6,10-11,13H2,1-5H3/t14-/m1/s1. The van der Waals surface area contributed by atoms with E-state index in [1.165, 1.54) is 29.2 Å². The Kier molecular flexibility index (Phi) is 7.32. The van der Waals surface area contributed by atoms with E-state index in [1.54, 1.807) is 0 Å². The Morgan fingerprint density at radius 3 is 2.58 bits per heavy atom. The zero-order valence-corrected chi connectivity index (χ0v) is 13.8. The van der Waals surface area contributed by atoms with Crippen LogP contribution in [0.3, 0.4) is 0 Å². The van der Waals surface area contributed by atoms with Crippen LogP contribution in [0.1, 0.15) is 25.8 Å². The lowest BCUT2D eigenvalue weighted by Crippen LogP contribution is -2.29. The van der Waals surface area contributed by atoms with Crippen LogP contribution in [0.4, 0.5) is 5.69 Å². The molecule has 0 saturated carbocycles. The second kappa shape index (κ2) is 8.49. The van der Waals surface area contributed by atoms with Crippen LogP contribution < -0.4 is 4.90 Å². The molecule has 0 aliphatic carbocycles. The van der Waals surface area contributed by atoms with Gasteiger partial charge in [0.25, 0.3) is 0 Å². The monoisotopic (exact) mass is 280 g/mol. The van der Waals surface area contributed by atoms with Gasteiger partial charge in [-0.05, 0) is 49.6 Å². The molecule has 0 aromatic heterocycles. The van der Waals surface area contributed by atoms with Gasteiger partial charge in [-0.3, -0.25) is 4.90 Å². The molecule has 0 fully saturated rings. The number of thioether (sulfide) groups is 1. The van der Waals surface area contributed by atoms with Gasteiger partial charge in [-0.1, -0.05) is 19.1 Å². The third-order valence-corrected chi connectivity index (χ3v) is 4.43. The Morgan fingerprint density at radius 1 is 1.21 bits per heavy atom. The topological polar surface area (TPSA) is 6.48 Å². The summed E-state index contributed by atoms with van der Waals surface area (Å²) in [4.78, 5) is 4.61. The summed E-state index contributed by atoms with van der Waals surface area (Å²) in [5, 5.41) is 0. The van der Waals surface area contributed by atoms with E-state index in [2.05, 4.69) is 69.1 Å². The zero-order chi connectivity index (χ0) is 14.3. The van der Waals surface area contributed by atoms with Gasteiger partial charge >= 0.3 is 0 Å². The van der Waals surface area contributed by atoms with Crippen LogP contribution in [0, 0.1) is 0 Å². The second-order valence-corrected chi connectivity index (χ2v) is 6.71. The van der Waals surface area contributed by atoms with E-state index in [0.717, 1.165) is 6.54 Å². The van der Waals surface area contributed by atoms with E-state index >= 15 is 0 Å². The molecule has 108 valence electrons. The Bertz CT molecular complexity index is 366. The second-order valence-electron chi connectivity index (χ2n) is 5.31. The minimum Gasteiger partial charge on any atom is -0.378 e. The molecule has 0 bridgehead atoms. The Hall–Kier alpha value is -0.670. The first-order valence-electron chi connectivity index (χ1n) is 7.08. The predicted octanol–water partition coefficient (Wildman–Crippen LogP) is 3.72. The Labute approximate surface area is 123 Å². The van der Waals surface area contributed by atoms with Crippen molar-refractivity contribution in [3.8, 4) is 0 Å². The number of rotatable bonds is 8. The van der Waals surface area contributed by atoms with E-state index in [1.807, 2.05) is 11.8 Å². The molecule has 0 aliphatic rings. The summed E-state index contributed by atoms with van der Waals surface area (Å²) in [5.41, 5.74) is 2.67. The highest BCUT2D eigenvalue weighted by molar-refractivity contribution is 7.99. The van der Waals surface area contributed by atoms with Gasteiger partial charge < -0.3 is 4.90 Å². The van der Waals surface area contributed by atoms with Crippen LogP contribution >= 0.6 is 11.8 Å². The van der Waals surface area contributed by atoms with Gasteiger partial charge in [0.05, 0.1) is 0 Å². The molecule has 2 nitrogen and oxygen atoms in total. The predicted molar refractivity (Wildman–Crippen MR) is 89.3 cm³/mol. The highest BCUT2D eigenvalue weighted by Crippen LogP contribution is 2.16. The lowest BCUT2D eigenvalue weighted by molar-refractivity contribution is 0.245. The van der Waals surface area contributed by atoms with E-state index < -0.39 is 0 Å². The smallest absolute Gasteiger partial charge is 0.0364 e. The largest absolute Gasteiger partial charge is 0.378 e. The van der Waals surface area contributed by atoms with Crippen molar-refractivity contribution in [3.63, 3.8) is 0 Å². The normalized spacial score (nSPS) is 12.7. The number of hydrogen-bond acceptors (Lipinski definition) is 3. The summed E-state index contributed by atoms with van der Waals surface area (Å²) in [6, 6.07) is 9.45. The third-order valence-electron chi connectivity index (χ3n) is 3.50. The molecule has 0 spiro atoms. The van der Waals surface area contributed by atoms with Crippen molar-refractivity contribution >= 4 is 17.4 Å². The Balaban J connectivity index is 2.51. The maximum Gasteiger partial charge on any atom is 0.0364 e. The van der Waals surface area contributed by atoms with Gasteiger partial charge in [0.1, 0.15) is 0 Å². The summed E-state index contributed by atoms with van der Waals surface area (Å²) >= 11 is 2.03. The number of benzene rings is 1. The highest BCUT2D eigenvalue weighted by atomic mass is 32.2. The maximum atomic E-state index is 2.45. The zero-order valence-electron chi connectivity index (χ0n) is 13.0. The molecule has 0 aliphatic heterocycles. The minimum absolute atomic E-state index is 0.641. The van der Waals surface area contributed by atoms with Crippen molar-refractivity contribution in [1.29, 1.82) is 0 Å². The first-order chi connectivity index (χ1) is 9.04. The molecule has 19 heavy (non-hydrogen) atoms. The average molecular weight is 280 g/mol. The van der Waals surface area contributed by atoms with Crippen LogP contribution in [0.25, 0.3) is 0 Å². The van der Waals surface area contributed by atoms with Crippen molar-refractivity contribution in [2.45, 2.75) is 32.9 Å². The van der Waals surface area contributed by atoms with E-state index in [4.69, 9.17) is 0 Å². The molecule has 0 saturated heterocycles. The van der Waals surface area contributed by atoms with E-state index in [9.17, 15) is 0 Å². The van der Waals surface area contributed by atoms with Gasteiger partial charge in [0.2, 0.25) is 0 Å². The van der Waals surface area contributed by atoms with Crippen molar-refractivity contribution in [1.82, 2.24) is 4.90 Å². The van der Waals surface area contributed by atoms with Crippen molar-refractivity contribution in [2.24, 2.45) is 0 Å². The molecule has 1 rings (SSSR count). The highest BCUT2D eigenvalue weighted by Gasteiger charge is 2.09. The summed E-state index contributed by atoms with van der Waals surface area (Å²) in [5.74, 6) is 2.49.